The van der Waals surface area contributed by atoms with E-state index >= 15 is 0 Å². The molecule has 0 unspecified atom stereocenters. The summed E-state index contributed by atoms with van der Waals surface area (Å²) in [5.41, 5.74) is 0.960. The third kappa shape index (κ3) is 5.91. The molecular weight excluding hydrogens is 438 g/mol. The zero-order chi connectivity index (χ0) is 22.5. The summed E-state index contributed by atoms with van der Waals surface area (Å²) >= 11 is 0. The maximum Gasteiger partial charge on any atom is 0.243 e. The number of hydrogen-bond acceptors (Lipinski definition) is 5. The Morgan fingerprint density at radius 3 is 2.32 bits per heavy atom. The monoisotopic (exact) mass is 465 g/mol. The first-order valence-corrected chi connectivity index (χ1v) is 13.0. The van der Waals surface area contributed by atoms with Crippen LogP contribution in [0.25, 0.3) is 0 Å². The molecule has 1 aliphatic heterocycles. The molecule has 1 atom stereocenters. The average molecular weight is 466 g/mol. The van der Waals surface area contributed by atoms with Gasteiger partial charge in [-0.25, -0.2) is 21.6 Å². The molecule has 2 N–H and O–H groups in total. The number of benzene rings is 2. The van der Waals surface area contributed by atoms with Gasteiger partial charge in [0.05, 0.1) is 15.7 Å². The van der Waals surface area contributed by atoms with Crippen LogP contribution in [0, 0.1) is 12.8 Å². The minimum atomic E-state index is -3.65. The summed E-state index contributed by atoms with van der Waals surface area (Å²) < 4.78 is 54.0. The Labute approximate surface area is 183 Å². The van der Waals surface area contributed by atoms with Crippen molar-refractivity contribution in [1.82, 2.24) is 14.3 Å². The molecule has 1 saturated heterocycles. The lowest BCUT2D eigenvalue weighted by Crippen LogP contribution is -2.46. The van der Waals surface area contributed by atoms with Gasteiger partial charge in [0.15, 0.2) is 0 Å². The third-order valence-corrected chi connectivity index (χ3v) is 8.54. The molecule has 0 radical (unpaired) electrons. The first-order chi connectivity index (χ1) is 14.7. The Kier molecular flexibility index (Phi) is 7.47. The Balaban J connectivity index is 1.51. The highest BCUT2D eigenvalue weighted by molar-refractivity contribution is 7.89. The van der Waals surface area contributed by atoms with Gasteiger partial charge in [-0.3, -0.25) is 4.79 Å². The normalized spacial score (nSPS) is 17.9. The largest absolute Gasteiger partial charge is 0.355 e. The Hall–Kier alpha value is -2.27. The van der Waals surface area contributed by atoms with Crippen LogP contribution in [-0.4, -0.2) is 53.2 Å². The fraction of sp³-hybridized carbons (Fsp3) is 0.381. The number of rotatable bonds is 8. The van der Waals surface area contributed by atoms with Crippen molar-refractivity contribution >= 4 is 26.0 Å². The minimum absolute atomic E-state index is 0.0424. The van der Waals surface area contributed by atoms with Crippen molar-refractivity contribution in [2.75, 3.05) is 26.2 Å². The van der Waals surface area contributed by atoms with Crippen molar-refractivity contribution < 1.29 is 21.6 Å². The van der Waals surface area contributed by atoms with E-state index in [1.807, 2.05) is 6.92 Å². The van der Waals surface area contributed by atoms with Crippen LogP contribution in [-0.2, 0) is 24.8 Å². The van der Waals surface area contributed by atoms with Gasteiger partial charge in [0, 0.05) is 26.2 Å². The Bertz CT molecular complexity index is 1100. The highest BCUT2D eigenvalue weighted by atomic mass is 32.2. The van der Waals surface area contributed by atoms with Gasteiger partial charge in [-0.15, -0.1) is 0 Å². The van der Waals surface area contributed by atoms with Crippen LogP contribution in [0.15, 0.2) is 64.4 Å². The molecule has 31 heavy (non-hydrogen) atoms. The van der Waals surface area contributed by atoms with E-state index in [9.17, 15) is 21.6 Å². The Morgan fingerprint density at radius 1 is 0.968 bits per heavy atom. The van der Waals surface area contributed by atoms with Gasteiger partial charge < -0.3 is 5.32 Å². The van der Waals surface area contributed by atoms with Crippen molar-refractivity contribution in [1.29, 1.82) is 0 Å². The maximum atomic E-state index is 12.8. The number of carbonyl (C=O) groups is 1. The van der Waals surface area contributed by atoms with Gasteiger partial charge in [-0.05, 0) is 44.0 Å². The third-order valence-electron chi connectivity index (χ3n) is 5.18. The van der Waals surface area contributed by atoms with Gasteiger partial charge in [-0.1, -0.05) is 35.9 Å². The highest BCUT2D eigenvalue weighted by Crippen LogP contribution is 2.23. The molecule has 0 saturated carbocycles. The zero-order valence-electron chi connectivity index (χ0n) is 17.3. The number of amides is 1. The van der Waals surface area contributed by atoms with E-state index in [0.29, 0.717) is 19.4 Å². The molecule has 0 spiro atoms. The number of carbonyl (C=O) groups excluding carboxylic acids is 1. The van der Waals surface area contributed by atoms with Gasteiger partial charge in [-0.2, -0.15) is 4.31 Å². The molecule has 1 heterocycles. The second-order valence-electron chi connectivity index (χ2n) is 7.52. The van der Waals surface area contributed by atoms with Gasteiger partial charge >= 0.3 is 0 Å². The van der Waals surface area contributed by atoms with Crippen LogP contribution in [0.3, 0.4) is 0 Å². The predicted molar refractivity (Wildman–Crippen MR) is 117 cm³/mol. The van der Waals surface area contributed by atoms with Crippen LogP contribution in [0.2, 0.25) is 0 Å². The van der Waals surface area contributed by atoms with Crippen molar-refractivity contribution in [3.05, 3.63) is 60.2 Å². The van der Waals surface area contributed by atoms with E-state index < -0.39 is 26.0 Å². The van der Waals surface area contributed by atoms with E-state index in [-0.39, 0.29) is 35.3 Å². The van der Waals surface area contributed by atoms with Crippen molar-refractivity contribution in [2.24, 2.45) is 5.92 Å². The number of hydrogen-bond donors (Lipinski definition) is 2. The standard InChI is InChI=1S/C21H27N3O5S2/c1-17-9-11-19(12-10-17)30(26,27)23-14-13-22-21(25)18-6-5-15-24(16-18)31(28,29)20-7-3-2-4-8-20/h2-4,7-12,18,23H,5-6,13-16H2,1H3,(H,22,25)/t18-/m0/s1. The quantitative estimate of drug-likeness (QED) is 0.574. The molecule has 0 aromatic heterocycles. The minimum Gasteiger partial charge on any atom is -0.355 e. The Morgan fingerprint density at radius 2 is 1.65 bits per heavy atom. The van der Waals surface area contributed by atoms with Gasteiger partial charge in [0.2, 0.25) is 26.0 Å². The van der Waals surface area contributed by atoms with E-state index in [0.717, 1.165) is 5.56 Å². The van der Waals surface area contributed by atoms with Crippen molar-refractivity contribution in [2.45, 2.75) is 29.6 Å². The fourth-order valence-corrected chi connectivity index (χ4v) is 6.01. The van der Waals surface area contributed by atoms with E-state index in [1.165, 1.54) is 16.4 Å². The number of nitrogens with one attached hydrogen (secondary N) is 2. The van der Waals surface area contributed by atoms with Gasteiger partial charge in [0.1, 0.15) is 0 Å². The molecule has 3 rings (SSSR count). The summed E-state index contributed by atoms with van der Waals surface area (Å²) in [6, 6.07) is 14.7. The highest BCUT2D eigenvalue weighted by Gasteiger charge is 2.33. The van der Waals surface area contributed by atoms with Crippen LogP contribution in [0.5, 0.6) is 0 Å². The summed E-state index contributed by atoms with van der Waals surface area (Å²) in [6.45, 7) is 2.51. The van der Waals surface area contributed by atoms with Crippen LogP contribution < -0.4 is 10.0 Å². The number of nitrogens with zero attached hydrogens (tertiary/aromatic N) is 1. The molecule has 0 bridgehead atoms. The van der Waals surface area contributed by atoms with Crippen molar-refractivity contribution in [3.8, 4) is 0 Å². The SMILES string of the molecule is Cc1ccc(S(=O)(=O)NCCNC(=O)[C@H]2CCCN(S(=O)(=O)c3ccccc3)C2)cc1. The summed E-state index contributed by atoms with van der Waals surface area (Å²) in [6.07, 6.45) is 1.17. The summed E-state index contributed by atoms with van der Waals surface area (Å²) in [4.78, 5) is 12.9. The lowest BCUT2D eigenvalue weighted by atomic mass is 9.99. The molecule has 8 nitrogen and oxygen atoms in total. The molecule has 1 amide bonds. The maximum absolute atomic E-state index is 12.8. The number of piperidine rings is 1. The first-order valence-electron chi connectivity index (χ1n) is 10.1. The first kappa shape index (κ1) is 23.4. The second kappa shape index (κ2) is 9.90. The summed E-state index contributed by atoms with van der Waals surface area (Å²) in [5, 5.41) is 2.71. The second-order valence-corrected chi connectivity index (χ2v) is 11.2. The van der Waals surface area contributed by atoms with Crippen molar-refractivity contribution in [3.63, 3.8) is 0 Å². The molecule has 2 aromatic carbocycles. The number of aryl methyl sites for hydroxylation is 1. The molecular formula is C21H27N3O5S2. The van der Waals surface area contributed by atoms with Crippen LogP contribution in [0.4, 0.5) is 0 Å². The van der Waals surface area contributed by atoms with E-state index in [4.69, 9.17) is 0 Å². The average Bonchev–Trinajstić information content (AvgIpc) is 2.77. The molecule has 1 aliphatic rings. The molecule has 2 aromatic rings. The number of sulfonamides is 2. The van der Waals surface area contributed by atoms with E-state index in [2.05, 4.69) is 10.0 Å². The summed E-state index contributed by atoms with van der Waals surface area (Å²) in [5.74, 6) is -0.747. The van der Waals surface area contributed by atoms with Gasteiger partial charge in [0.25, 0.3) is 0 Å². The molecule has 0 aliphatic carbocycles. The molecule has 10 heteroatoms. The smallest absolute Gasteiger partial charge is 0.243 e. The molecule has 1 fully saturated rings. The van der Waals surface area contributed by atoms with E-state index in [1.54, 1.807) is 42.5 Å². The zero-order valence-corrected chi connectivity index (χ0v) is 19.0. The molecule has 168 valence electrons. The lowest BCUT2D eigenvalue weighted by Gasteiger charge is -2.31. The van der Waals surface area contributed by atoms with Crippen LogP contribution in [0.1, 0.15) is 18.4 Å². The predicted octanol–water partition coefficient (Wildman–Crippen LogP) is 1.49. The van der Waals surface area contributed by atoms with Crippen LogP contribution >= 0.6 is 0 Å². The topological polar surface area (TPSA) is 113 Å². The summed E-state index contributed by atoms with van der Waals surface area (Å²) in [7, 11) is -7.29. The fourth-order valence-electron chi connectivity index (χ4n) is 3.43. The lowest BCUT2D eigenvalue weighted by molar-refractivity contribution is -0.126.